The van der Waals surface area contributed by atoms with E-state index in [9.17, 15) is 14.0 Å². The highest BCUT2D eigenvalue weighted by Crippen LogP contribution is 2.46. The maximum absolute atomic E-state index is 14.9. The smallest absolute Gasteiger partial charge is 0.336 e. The van der Waals surface area contributed by atoms with Crippen molar-refractivity contribution in [1.82, 2.24) is 5.32 Å². The van der Waals surface area contributed by atoms with Gasteiger partial charge in [0.1, 0.15) is 12.4 Å². The van der Waals surface area contributed by atoms with Crippen molar-refractivity contribution in [2.75, 3.05) is 20.3 Å². The molecule has 2 aliphatic rings. The van der Waals surface area contributed by atoms with Gasteiger partial charge in [0, 0.05) is 36.1 Å². The van der Waals surface area contributed by atoms with Gasteiger partial charge in [-0.25, -0.2) is 9.18 Å². The topological polar surface area (TPSA) is 64.6 Å². The Morgan fingerprint density at radius 3 is 2.50 bits per heavy atom. The molecule has 1 aliphatic carbocycles. The highest BCUT2D eigenvalue weighted by atomic mass is 19.1. The van der Waals surface area contributed by atoms with E-state index in [1.165, 1.54) is 13.2 Å². The summed E-state index contributed by atoms with van der Waals surface area (Å²) in [5.41, 5.74) is 3.41. The minimum absolute atomic E-state index is 0.0271. The first-order chi connectivity index (χ1) is 15.5. The molecule has 0 unspecified atom stereocenters. The molecule has 0 radical (unpaired) electrons. The number of carbonyl (C=O) groups is 2. The summed E-state index contributed by atoms with van der Waals surface area (Å²) in [5.74, 6) is -1.91. The van der Waals surface area contributed by atoms with E-state index in [-0.39, 0.29) is 30.5 Å². The molecule has 6 heteroatoms. The van der Waals surface area contributed by atoms with Crippen LogP contribution in [0, 0.1) is 5.82 Å². The Hall–Kier alpha value is -3.25. The third-order valence-corrected chi connectivity index (χ3v) is 6.06. The van der Waals surface area contributed by atoms with Gasteiger partial charge in [-0.1, -0.05) is 48.5 Å². The molecule has 32 heavy (non-hydrogen) atoms. The molecule has 4 rings (SSSR count). The van der Waals surface area contributed by atoms with Crippen molar-refractivity contribution in [2.24, 2.45) is 0 Å². The molecule has 1 aliphatic heterocycles. The molecule has 2 atom stereocenters. The molecular weight excluding hydrogens is 409 g/mol. The van der Waals surface area contributed by atoms with Crippen LogP contribution in [0.2, 0.25) is 0 Å². The van der Waals surface area contributed by atoms with E-state index in [1.807, 2.05) is 30.3 Å². The average molecular weight is 435 g/mol. The van der Waals surface area contributed by atoms with Crippen molar-refractivity contribution in [3.8, 4) is 0 Å². The van der Waals surface area contributed by atoms with E-state index in [0.29, 0.717) is 29.7 Å². The number of nitrogens with one attached hydrogen (secondary N) is 1. The number of rotatable bonds is 6. The minimum Gasteiger partial charge on any atom is -0.460 e. The molecule has 2 aromatic carbocycles. The van der Waals surface area contributed by atoms with Gasteiger partial charge in [0.15, 0.2) is 5.78 Å². The van der Waals surface area contributed by atoms with Crippen molar-refractivity contribution in [1.29, 1.82) is 0 Å². The molecule has 0 bridgehead atoms. The van der Waals surface area contributed by atoms with Crippen LogP contribution in [0.1, 0.15) is 42.7 Å². The molecule has 1 heterocycles. The highest BCUT2D eigenvalue weighted by Gasteiger charge is 2.42. The second kappa shape index (κ2) is 9.49. The number of allylic oxidation sites excluding steroid dienone is 3. The predicted octanol–water partition coefficient (Wildman–Crippen LogP) is 4.38. The zero-order valence-electron chi connectivity index (χ0n) is 18.2. The second-order valence-corrected chi connectivity index (χ2v) is 8.08. The van der Waals surface area contributed by atoms with Crippen molar-refractivity contribution in [2.45, 2.75) is 31.6 Å². The Morgan fingerprint density at radius 1 is 1.06 bits per heavy atom. The molecule has 5 nitrogen and oxygen atoms in total. The van der Waals surface area contributed by atoms with E-state index in [0.717, 1.165) is 11.3 Å². The van der Waals surface area contributed by atoms with Gasteiger partial charge in [-0.15, -0.1) is 0 Å². The van der Waals surface area contributed by atoms with E-state index >= 15 is 0 Å². The first-order valence-corrected chi connectivity index (χ1v) is 10.7. The number of benzene rings is 2. The highest BCUT2D eigenvalue weighted by molar-refractivity contribution is 6.04. The first-order valence-electron chi connectivity index (χ1n) is 10.7. The monoisotopic (exact) mass is 435 g/mol. The van der Waals surface area contributed by atoms with Crippen molar-refractivity contribution in [3.05, 3.63) is 94.1 Å². The van der Waals surface area contributed by atoms with Gasteiger partial charge in [-0.2, -0.15) is 0 Å². The van der Waals surface area contributed by atoms with Crippen LogP contribution in [0.3, 0.4) is 0 Å². The van der Waals surface area contributed by atoms with Gasteiger partial charge in [0.25, 0.3) is 0 Å². The van der Waals surface area contributed by atoms with Crippen LogP contribution >= 0.6 is 0 Å². The van der Waals surface area contributed by atoms with E-state index in [1.54, 1.807) is 25.1 Å². The third kappa shape index (κ3) is 4.23. The number of hydrogen-bond donors (Lipinski definition) is 1. The second-order valence-electron chi connectivity index (χ2n) is 8.08. The molecule has 166 valence electrons. The summed E-state index contributed by atoms with van der Waals surface area (Å²) in [6, 6.07) is 16.2. The summed E-state index contributed by atoms with van der Waals surface area (Å²) in [6.45, 7) is 2.09. The van der Waals surface area contributed by atoms with Gasteiger partial charge < -0.3 is 14.8 Å². The SMILES string of the molecule is COCCOC(=O)C1=C(C)NC2=C(C(=O)C[C@H](c3ccccc3)C2)[C@H]1c1ccccc1F. The summed E-state index contributed by atoms with van der Waals surface area (Å²) in [5, 5.41) is 3.27. The summed E-state index contributed by atoms with van der Waals surface area (Å²) in [6.07, 6.45) is 0.917. The molecule has 2 aromatic rings. The van der Waals surface area contributed by atoms with E-state index < -0.39 is 17.7 Å². The predicted molar refractivity (Wildman–Crippen MR) is 118 cm³/mol. The van der Waals surface area contributed by atoms with E-state index in [2.05, 4.69) is 5.32 Å². The number of ketones is 1. The van der Waals surface area contributed by atoms with Gasteiger partial charge >= 0.3 is 5.97 Å². The first kappa shape index (κ1) is 22.0. The Balaban J connectivity index is 1.77. The quantitative estimate of drug-likeness (QED) is 0.539. The Bertz CT molecular complexity index is 1090. The van der Waals surface area contributed by atoms with Crippen LogP contribution in [0.4, 0.5) is 4.39 Å². The van der Waals surface area contributed by atoms with Crippen LogP contribution < -0.4 is 5.32 Å². The normalized spacial score (nSPS) is 20.7. The molecule has 0 saturated carbocycles. The molecule has 0 saturated heterocycles. The van der Waals surface area contributed by atoms with Crippen molar-refractivity contribution >= 4 is 11.8 Å². The van der Waals surface area contributed by atoms with Crippen LogP contribution in [0.5, 0.6) is 0 Å². The van der Waals surface area contributed by atoms with Crippen LogP contribution in [-0.4, -0.2) is 32.1 Å². The molecular formula is C26H26FNO4. The molecule has 0 spiro atoms. The Labute approximate surface area is 186 Å². The van der Waals surface area contributed by atoms with Crippen LogP contribution in [0.25, 0.3) is 0 Å². The fourth-order valence-corrected chi connectivity index (χ4v) is 4.59. The lowest BCUT2D eigenvalue weighted by Crippen LogP contribution is -2.36. The summed E-state index contributed by atoms with van der Waals surface area (Å²) >= 11 is 0. The third-order valence-electron chi connectivity index (χ3n) is 6.06. The maximum atomic E-state index is 14.9. The van der Waals surface area contributed by atoms with E-state index in [4.69, 9.17) is 9.47 Å². The lowest BCUT2D eigenvalue weighted by Gasteiger charge is -2.36. The number of Topliss-reactive ketones (excluding diaryl/α,β-unsaturated/α-hetero) is 1. The fraction of sp³-hybridized carbons (Fsp3) is 0.308. The maximum Gasteiger partial charge on any atom is 0.336 e. The molecule has 0 aromatic heterocycles. The van der Waals surface area contributed by atoms with Crippen molar-refractivity contribution in [3.63, 3.8) is 0 Å². The standard InChI is InChI=1S/C26H26FNO4/c1-16-23(26(30)32-13-12-31-2)24(19-10-6-7-11-20(19)27)25-21(28-16)14-18(15-22(25)29)17-8-4-3-5-9-17/h3-11,18,24,28H,12-15H2,1-2H3/t18-,24+/m1/s1. The van der Waals surface area contributed by atoms with Crippen molar-refractivity contribution < 1.29 is 23.5 Å². The number of halogens is 1. The number of hydrogen-bond acceptors (Lipinski definition) is 5. The molecule has 0 fully saturated rings. The number of carbonyl (C=O) groups excluding carboxylic acids is 2. The number of dihydropyridines is 1. The van der Waals surface area contributed by atoms with Crippen LogP contribution in [0.15, 0.2) is 77.1 Å². The lowest BCUT2D eigenvalue weighted by molar-refractivity contribution is -0.140. The summed E-state index contributed by atoms with van der Waals surface area (Å²) in [7, 11) is 1.52. The zero-order chi connectivity index (χ0) is 22.7. The average Bonchev–Trinajstić information content (AvgIpc) is 2.79. The molecule has 1 N–H and O–H groups in total. The van der Waals surface area contributed by atoms with Gasteiger partial charge in [-0.3, -0.25) is 4.79 Å². The minimum atomic E-state index is -0.813. The summed E-state index contributed by atoms with van der Waals surface area (Å²) in [4.78, 5) is 26.4. The zero-order valence-corrected chi connectivity index (χ0v) is 18.2. The fourth-order valence-electron chi connectivity index (χ4n) is 4.59. The summed E-state index contributed by atoms with van der Waals surface area (Å²) < 4.78 is 25.3. The Morgan fingerprint density at radius 2 is 1.78 bits per heavy atom. The number of methoxy groups -OCH3 is 1. The lowest BCUT2D eigenvalue weighted by atomic mass is 9.71. The Kier molecular flexibility index (Phi) is 6.51. The van der Waals surface area contributed by atoms with Gasteiger partial charge in [0.05, 0.1) is 18.1 Å². The van der Waals surface area contributed by atoms with Gasteiger partial charge in [-0.05, 0) is 30.9 Å². The number of esters is 1. The van der Waals surface area contributed by atoms with Gasteiger partial charge in [0.2, 0.25) is 0 Å². The van der Waals surface area contributed by atoms with Crippen LogP contribution in [-0.2, 0) is 19.1 Å². The number of ether oxygens (including phenoxy) is 2. The largest absolute Gasteiger partial charge is 0.460 e. The molecule has 0 amide bonds.